The van der Waals surface area contributed by atoms with Crippen molar-refractivity contribution in [3.8, 4) is 0 Å². The maximum atomic E-state index is 12.0. The van der Waals surface area contributed by atoms with Crippen LogP contribution in [0.15, 0.2) is 29.2 Å². The molecule has 0 N–H and O–H groups in total. The van der Waals surface area contributed by atoms with Crippen LogP contribution in [0.2, 0.25) is 0 Å². The molecule has 0 unspecified atom stereocenters. The van der Waals surface area contributed by atoms with Gasteiger partial charge in [-0.1, -0.05) is 19.1 Å². The predicted octanol–water partition coefficient (Wildman–Crippen LogP) is 1.24. The van der Waals surface area contributed by atoms with Gasteiger partial charge in [0, 0.05) is 19.1 Å². The summed E-state index contributed by atoms with van der Waals surface area (Å²) in [5.41, 5.74) is 0.444. The van der Waals surface area contributed by atoms with E-state index >= 15 is 0 Å². The molecule has 0 spiro atoms. The van der Waals surface area contributed by atoms with Crippen molar-refractivity contribution in [1.82, 2.24) is 0 Å². The van der Waals surface area contributed by atoms with Gasteiger partial charge in [0.15, 0.2) is 21.4 Å². The Morgan fingerprint density at radius 3 is 2.24 bits per heavy atom. The molecule has 1 aromatic carbocycles. The van der Waals surface area contributed by atoms with Gasteiger partial charge in [0.2, 0.25) is 0 Å². The Morgan fingerprint density at radius 2 is 1.71 bits per heavy atom. The van der Waals surface area contributed by atoms with Crippen molar-refractivity contribution in [2.45, 2.75) is 18.2 Å². The summed E-state index contributed by atoms with van der Waals surface area (Å²) in [5, 5.41) is 0. The van der Waals surface area contributed by atoms with Crippen LogP contribution in [0.5, 0.6) is 0 Å². The van der Waals surface area contributed by atoms with Gasteiger partial charge in [-0.15, -0.1) is 0 Å². The number of methoxy groups -OCH3 is 1. The van der Waals surface area contributed by atoms with Crippen LogP contribution in [0, 0.1) is 0 Å². The van der Waals surface area contributed by atoms with E-state index in [1.54, 1.807) is 6.92 Å². The molecule has 0 aliphatic heterocycles. The number of sulfone groups is 1. The zero-order valence-electron chi connectivity index (χ0n) is 12.0. The first-order valence-electron chi connectivity index (χ1n) is 6.41. The van der Waals surface area contributed by atoms with Crippen LogP contribution in [-0.2, 0) is 24.1 Å². The summed E-state index contributed by atoms with van der Waals surface area (Å²) >= 11 is 0. The second-order valence-electron chi connectivity index (χ2n) is 4.27. The van der Waals surface area contributed by atoms with Crippen molar-refractivity contribution >= 4 is 21.6 Å². The molecule has 0 bridgehead atoms. The normalized spacial score (nSPS) is 11.1. The second-order valence-corrected chi connectivity index (χ2v) is 6.26. The van der Waals surface area contributed by atoms with Crippen LogP contribution in [0.25, 0.3) is 0 Å². The zero-order valence-corrected chi connectivity index (χ0v) is 12.8. The number of hydrogen-bond acceptors (Lipinski definition) is 6. The molecule has 0 aliphatic rings. The van der Waals surface area contributed by atoms with E-state index in [2.05, 4.69) is 0 Å². The fourth-order valence-corrected chi connectivity index (χ4v) is 2.68. The Hall–Kier alpha value is -1.73. The number of Topliss-reactive ketones (excluding diaryl/α,β-unsaturated/α-hetero) is 1. The van der Waals surface area contributed by atoms with E-state index in [1.165, 1.54) is 31.4 Å². The minimum atomic E-state index is -3.77. The van der Waals surface area contributed by atoms with Crippen molar-refractivity contribution in [2.75, 3.05) is 26.1 Å². The molecule has 0 amide bonds. The number of carbonyl (C=O) groups excluding carboxylic acids is 2. The van der Waals surface area contributed by atoms with E-state index < -0.39 is 21.6 Å². The highest BCUT2D eigenvalue weighted by Gasteiger charge is 2.20. The molecule has 0 saturated heterocycles. The zero-order chi connectivity index (χ0) is 15.9. The molecule has 0 atom stereocenters. The molecule has 0 saturated carbocycles. The van der Waals surface area contributed by atoms with Gasteiger partial charge in [0.1, 0.15) is 6.61 Å². The molecule has 1 rings (SSSR count). The number of hydrogen-bond donors (Lipinski definition) is 0. The lowest BCUT2D eigenvalue weighted by molar-refractivity contribution is -0.141. The minimum Gasteiger partial charge on any atom is -0.462 e. The Balaban J connectivity index is 2.74. The number of esters is 1. The minimum absolute atomic E-state index is 0.00872. The Labute approximate surface area is 124 Å². The van der Waals surface area contributed by atoms with Crippen molar-refractivity contribution in [2.24, 2.45) is 0 Å². The number of ketones is 1. The van der Waals surface area contributed by atoms with E-state index in [9.17, 15) is 18.0 Å². The van der Waals surface area contributed by atoms with Crippen molar-refractivity contribution < 1.29 is 27.5 Å². The van der Waals surface area contributed by atoms with Crippen LogP contribution < -0.4 is 0 Å². The Morgan fingerprint density at radius 1 is 1.10 bits per heavy atom. The van der Waals surface area contributed by atoms with Gasteiger partial charge >= 0.3 is 5.97 Å². The summed E-state index contributed by atoms with van der Waals surface area (Å²) in [7, 11) is -2.32. The molecule has 7 heteroatoms. The molecule has 0 aromatic heterocycles. The first-order chi connectivity index (χ1) is 9.90. The lowest BCUT2D eigenvalue weighted by atomic mass is 10.1. The maximum absolute atomic E-state index is 12.0. The van der Waals surface area contributed by atoms with E-state index in [-0.39, 0.29) is 23.9 Å². The second kappa shape index (κ2) is 7.90. The average Bonchev–Trinajstić information content (AvgIpc) is 2.46. The summed E-state index contributed by atoms with van der Waals surface area (Å²) < 4.78 is 33.4. The van der Waals surface area contributed by atoms with Gasteiger partial charge in [-0.3, -0.25) is 9.59 Å². The van der Waals surface area contributed by atoms with Gasteiger partial charge < -0.3 is 9.47 Å². The number of ether oxygens (including phenoxy) is 2. The summed E-state index contributed by atoms with van der Waals surface area (Å²) in [6, 6.07) is 5.52. The summed E-state index contributed by atoms with van der Waals surface area (Å²) in [5.74, 6) is -1.64. The van der Waals surface area contributed by atoms with Gasteiger partial charge in [-0.2, -0.15) is 0 Å². The lowest BCUT2D eigenvalue weighted by Crippen LogP contribution is -2.20. The van der Waals surface area contributed by atoms with E-state index in [4.69, 9.17) is 9.47 Å². The van der Waals surface area contributed by atoms with E-state index in [1.807, 2.05) is 0 Å². The number of carbonyl (C=O) groups is 2. The molecule has 116 valence electrons. The molecule has 0 heterocycles. The Kier molecular flexibility index (Phi) is 6.51. The largest absolute Gasteiger partial charge is 0.462 e. The van der Waals surface area contributed by atoms with Gasteiger partial charge in [-0.25, -0.2) is 8.42 Å². The smallest absolute Gasteiger partial charge is 0.321 e. The standard InChI is InChI=1S/C14H18O6S/c1-3-13(15)11-4-6-12(7-5-11)21(17,18)10-14(16)20-9-8-19-2/h4-7H,3,8-10H2,1-2H3. The topological polar surface area (TPSA) is 86.7 Å². The average molecular weight is 314 g/mol. The quantitative estimate of drug-likeness (QED) is 0.408. The molecular weight excluding hydrogens is 296 g/mol. The number of benzene rings is 1. The first-order valence-corrected chi connectivity index (χ1v) is 8.06. The molecule has 1 aromatic rings. The summed E-state index contributed by atoms with van der Waals surface area (Å²) in [6.45, 7) is 1.94. The van der Waals surface area contributed by atoms with E-state index in [0.717, 1.165) is 0 Å². The molecule has 0 radical (unpaired) electrons. The van der Waals surface area contributed by atoms with Crippen LogP contribution in [0.1, 0.15) is 23.7 Å². The molecule has 21 heavy (non-hydrogen) atoms. The summed E-state index contributed by atoms with van der Waals surface area (Å²) in [6.07, 6.45) is 0.345. The highest BCUT2D eigenvalue weighted by molar-refractivity contribution is 7.92. The Bertz CT molecular complexity index is 588. The first kappa shape index (κ1) is 17.3. The van der Waals surface area contributed by atoms with Gasteiger partial charge in [0.05, 0.1) is 11.5 Å². The van der Waals surface area contributed by atoms with Gasteiger partial charge in [-0.05, 0) is 12.1 Å². The molecular formula is C14H18O6S. The third kappa shape index (κ3) is 5.28. The van der Waals surface area contributed by atoms with Crippen molar-refractivity contribution in [3.05, 3.63) is 29.8 Å². The van der Waals surface area contributed by atoms with Crippen LogP contribution in [0.4, 0.5) is 0 Å². The molecule has 6 nitrogen and oxygen atoms in total. The SMILES string of the molecule is CCC(=O)c1ccc(S(=O)(=O)CC(=O)OCCOC)cc1. The van der Waals surface area contributed by atoms with Crippen LogP contribution in [-0.4, -0.2) is 46.2 Å². The van der Waals surface area contributed by atoms with Crippen molar-refractivity contribution in [1.29, 1.82) is 0 Å². The predicted molar refractivity (Wildman–Crippen MR) is 76.0 cm³/mol. The third-order valence-electron chi connectivity index (χ3n) is 2.71. The fraction of sp³-hybridized carbons (Fsp3) is 0.429. The summed E-state index contributed by atoms with van der Waals surface area (Å²) in [4.78, 5) is 22.9. The van der Waals surface area contributed by atoms with E-state index in [0.29, 0.717) is 12.0 Å². The molecule has 0 aliphatic carbocycles. The van der Waals surface area contributed by atoms with Crippen molar-refractivity contribution in [3.63, 3.8) is 0 Å². The third-order valence-corrected chi connectivity index (χ3v) is 4.32. The van der Waals surface area contributed by atoms with Crippen LogP contribution in [0.3, 0.4) is 0 Å². The van der Waals surface area contributed by atoms with Crippen LogP contribution >= 0.6 is 0 Å². The highest BCUT2D eigenvalue weighted by Crippen LogP contribution is 2.14. The fourth-order valence-electron chi connectivity index (χ4n) is 1.57. The maximum Gasteiger partial charge on any atom is 0.321 e. The molecule has 0 fully saturated rings. The van der Waals surface area contributed by atoms with Gasteiger partial charge in [0.25, 0.3) is 0 Å². The monoisotopic (exact) mass is 314 g/mol. The highest BCUT2D eigenvalue weighted by atomic mass is 32.2. The lowest BCUT2D eigenvalue weighted by Gasteiger charge is -2.06. The number of rotatable bonds is 8.